The number of nitrogens with zero attached hydrogens (tertiary/aromatic N) is 1. The predicted octanol–water partition coefficient (Wildman–Crippen LogP) is 1.12. The first kappa shape index (κ1) is 14.0. The minimum Gasteiger partial charge on any atom is -0.465 e. The van der Waals surface area contributed by atoms with E-state index in [1.807, 2.05) is 0 Å². The highest BCUT2D eigenvalue weighted by Crippen LogP contribution is 2.24. The number of carbonyl (C=O) groups is 1. The van der Waals surface area contributed by atoms with Crippen LogP contribution in [-0.4, -0.2) is 35.8 Å². The van der Waals surface area contributed by atoms with Gasteiger partial charge in [0.05, 0.1) is 24.5 Å². The molecule has 1 aliphatic rings. The number of aliphatic hydroxyl groups is 1. The molecule has 0 saturated heterocycles. The second-order valence-corrected chi connectivity index (χ2v) is 4.88. The van der Waals surface area contributed by atoms with Crippen LogP contribution in [0.4, 0.5) is 0 Å². The summed E-state index contributed by atoms with van der Waals surface area (Å²) < 4.78 is 4.73. The van der Waals surface area contributed by atoms with Crippen molar-refractivity contribution in [1.29, 1.82) is 0 Å². The zero-order chi connectivity index (χ0) is 13.7. The quantitative estimate of drug-likeness (QED) is 0.780. The second-order valence-electron chi connectivity index (χ2n) is 4.88. The van der Waals surface area contributed by atoms with Crippen LogP contribution in [0.25, 0.3) is 0 Å². The molecule has 0 amide bonds. The van der Waals surface area contributed by atoms with Gasteiger partial charge in [-0.3, -0.25) is 4.98 Å². The number of hydrogen-bond acceptors (Lipinski definition) is 5. The normalized spacial score (nSPS) is 22.4. The van der Waals surface area contributed by atoms with E-state index in [9.17, 15) is 9.90 Å². The van der Waals surface area contributed by atoms with Crippen LogP contribution in [0.1, 0.15) is 35.3 Å². The van der Waals surface area contributed by atoms with Crippen LogP contribution in [0, 0.1) is 5.92 Å². The van der Waals surface area contributed by atoms with Crippen LogP contribution in [0.5, 0.6) is 0 Å². The third-order valence-electron chi connectivity index (χ3n) is 3.61. The van der Waals surface area contributed by atoms with Crippen molar-refractivity contribution in [2.75, 3.05) is 13.7 Å². The molecule has 2 N–H and O–H groups in total. The zero-order valence-corrected chi connectivity index (χ0v) is 11.1. The van der Waals surface area contributed by atoms with Gasteiger partial charge in [-0.25, -0.2) is 4.79 Å². The number of hydrogen-bond donors (Lipinski definition) is 2. The van der Waals surface area contributed by atoms with Gasteiger partial charge in [-0.2, -0.15) is 0 Å². The van der Waals surface area contributed by atoms with E-state index in [2.05, 4.69) is 10.3 Å². The minimum atomic E-state index is -0.370. The number of nitrogens with one attached hydrogen (secondary N) is 1. The Labute approximate surface area is 113 Å². The van der Waals surface area contributed by atoms with E-state index in [-0.39, 0.29) is 12.1 Å². The van der Waals surface area contributed by atoms with E-state index < -0.39 is 0 Å². The number of ether oxygens (including phenoxy) is 1. The molecule has 1 aliphatic carbocycles. The monoisotopic (exact) mass is 264 g/mol. The van der Waals surface area contributed by atoms with Gasteiger partial charge in [-0.05, 0) is 30.9 Å². The van der Waals surface area contributed by atoms with Gasteiger partial charge in [0.15, 0.2) is 0 Å². The Bertz CT molecular complexity index is 436. The average molecular weight is 264 g/mol. The number of methoxy groups -OCH3 is 1. The van der Waals surface area contributed by atoms with Crippen molar-refractivity contribution in [3.8, 4) is 0 Å². The van der Waals surface area contributed by atoms with Gasteiger partial charge in [0, 0.05) is 19.3 Å². The molecular weight excluding hydrogens is 244 g/mol. The molecule has 5 heteroatoms. The highest BCUT2D eigenvalue weighted by atomic mass is 16.5. The number of rotatable bonds is 5. The summed E-state index contributed by atoms with van der Waals surface area (Å²) >= 11 is 0. The van der Waals surface area contributed by atoms with Gasteiger partial charge in [-0.15, -0.1) is 0 Å². The van der Waals surface area contributed by atoms with Gasteiger partial charge in [0.25, 0.3) is 0 Å². The Kier molecular flexibility index (Phi) is 4.87. The van der Waals surface area contributed by atoms with Crippen molar-refractivity contribution in [2.45, 2.75) is 31.9 Å². The van der Waals surface area contributed by atoms with Crippen LogP contribution in [0.3, 0.4) is 0 Å². The lowest BCUT2D eigenvalue weighted by Gasteiger charge is -2.15. The van der Waals surface area contributed by atoms with Crippen molar-refractivity contribution in [3.63, 3.8) is 0 Å². The summed E-state index contributed by atoms with van der Waals surface area (Å²) in [6.07, 6.45) is 4.50. The third-order valence-corrected chi connectivity index (χ3v) is 3.61. The van der Waals surface area contributed by atoms with Crippen LogP contribution >= 0.6 is 0 Å². The van der Waals surface area contributed by atoms with Gasteiger partial charge in [0.1, 0.15) is 0 Å². The maximum atomic E-state index is 11.6. The van der Waals surface area contributed by atoms with Crippen LogP contribution in [-0.2, 0) is 11.3 Å². The summed E-state index contributed by atoms with van der Waals surface area (Å²) in [7, 11) is 1.36. The fourth-order valence-electron chi connectivity index (χ4n) is 2.51. The molecule has 0 spiro atoms. The van der Waals surface area contributed by atoms with Crippen LogP contribution in [0.2, 0.25) is 0 Å². The maximum Gasteiger partial charge on any atom is 0.339 e. The van der Waals surface area contributed by atoms with Crippen molar-refractivity contribution in [3.05, 3.63) is 29.6 Å². The zero-order valence-electron chi connectivity index (χ0n) is 11.1. The van der Waals surface area contributed by atoms with Crippen molar-refractivity contribution in [2.24, 2.45) is 5.92 Å². The van der Waals surface area contributed by atoms with Crippen molar-refractivity contribution >= 4 is 5.97 Å². The number of carbonyl (C=O) groups excluding carboxylic acids is 1. The number of esters is 1. The third kappa shape index (κ3) is 3.52. The molecule has 2 rings (SSSR count). The highest BCUT2D eigenvalue weighted by molar-refractivity contribution is 5.90. The van der Waals surface area contributed by atoms with Crippen molar-refractivity contribution < 1.29 is 14.6 Å². The first-order valence-electron chi connectivity index (χ1n) is 6.63. The largest absolute Gasteiger partial charge is 0.465 e. The lowest BCUT2D eigenvalue weighted by Crippen LogP contribution is -2.28. The van der Waals surface area contributed by atoms with E-state index in [0.717, 1.165) is 25.8 Å². The molecule has 5 nitrogen and oxygen atoms in total. The SMILES string of the molecule is COC(=O)c1cccnc1CNCC1CCCC1O. The molecule has 1 saturated carbocycles. The van der Waals surface area contributed by atoms with Crippen molar-refractivity contribution in [1.82, 2.24) is 10.3 Å². The minimum absolute atomic E-state index is 0.198. The topological polar surface area (TPSA) is 71.5 Å². The maximum absolute atomic E-state index is 11.6. The van der Waals surface area contributed by atoms with Gasteiger partial charge < -0.3 is 15.2 Å². The fourth-order valence-corrected chi connectivity index (χ4v) is 2.51. The van der Waals surface area contributed by atoms with Gasteiger partial charge >= 0.3 is 5.97 Å². The van der Waals surface area contributed by atoms with Crippen LogP contribution < -0.4 is 5.32 Å². The average Bonchev–Trinajstić information content (AvgIpc) is 2.84. The molecule has 104 valence electrons. The second kappa shape index (κ2) is 6.63. The standard InChI is InChI=1S/C14H20N2O3/c1-19-14(18)11-5-3-7-16-12(11)9-15-8-10-4-2-6-13(10)17/h3,5,7,10,13,15,17H,2,4,6,8-9H2,1H3. The summed E-state index contributed by atoms with van der Waals surface area (Å²) in [6, 6.07) is 3.43. The molecule has 0 aliphatic heterocycles. The molecule has 1 fully saturated rings. The summed E-state index contributed by atoms with van der Waals surface area (Å²) in [5.41, 5.74) is 1.17. The van der Waals surface area contributed by atoms with E-state index in [4.69, 9.17) is 4.74 Å². The summed E-state index contributed by atoms with van der Waals surface area (Å²) in [6.45, 7) is 1.26. The number of pyridine rings is 1. The van der Waals surface area contributed by atoms with Gasteiger partial charge in [0.2, 0.25) is 0 Å². The van der Waals surface area contributed by atoms with E-state index in [1.54, 1.807) is 18.3 Å². The first-order valence-corrected chi connectivity index (χ1v) is 6.63. The summed E-state index contributed by atoms with van der Waals surface area (Å²) in [4.78, 5) is 15.8. The Morgan fingerprint density at radius 1 is 1.58 bits per heavy atom. The molecule has 0 aromatic carbocycles. The molecular formula is C14H20N2O3. The van der Waals surface area contributed by atoms with E-state index in [1.165, 1.54) is 7.11 Å². The molecule has 1 heterocycles. The number of aliphatic hydroxyl groups excluding tert-OH is 1. The van der Waals surface area contributed by atoms with Crippen LogP contribution in [0.15, 0.2) is 18.3 Å². The Hall–Kier alpha value is -1.46. The lowest BCUT2D eigenvalue weighted by molar-refractivity contribution is 0.0598. The Balaban J connectivity index is 1.90. The van der Waals surface area contributed by atoms with E-state index in [0.29, 0.717) is 23.7 Å². The van der Waals surface area contributed by atoms with Gasteiger partial charge in [-0.1, -0.05) is 6.42 Å². The lowest BCUT2D eigenvalue weighted by atomic mass is 10.1. The highest BCUT2D eigenvalue weighted by Gasteiger charge is 2.24. The summed E-state index contributed by atoms with van der Waals surface area (Å²) in [5.74, 6) is -0.0592. The molecule has 2 atom stereocenters. The fraction of sp³-hybridized carbons (Fsp3) is 0.571. The molecule has 0 bridgehead atoms. The molecule has 19 heavy (non-hydrogen) atoms. The Morgan fingerprint density at radius 3 is 3.11 bits per heavy atom. The molecule has 0 radical (unpaired) electrons. The van der Waals surface area contributed by atoms with E-state index >= 15 is 0 Å². The smallest absolute Gasteiger partial charge is 0.339 e. The number of aromatic nitrogens is 1. The predicted molar refractivity (Wildman–Crippen MR) is 70.6 cm³/mol. The summed E-state index contributed by atoms with van der Waals surface area (Å²) in [5, 5.41) is 13.0. The Morgan fingerprint density at radius 2 is 2.42 bits per heavy atom. The molecule has 2 unspecified atom stereocenters. The molecule has 1 aromatic rings. The first-order chi connectivity index (χ1) is 9.22. The molecule has 1 aromatic heterocycles.